The fourth-order valence-corrected chi connectivity index (χ4v) is 0.387. The number of amidine groups is 1. The highest BCUT2D eigenvalue weighted by Crippen LogP contribution is 1.85. The Balaban J connectivity index is 4.03. The van der Waals surface area contributed by atoms with E-state index in [0.29, 0.717) is 5.84 Å². The summed E-state index contributed by atoms with van der Waals surface area (Å²) in [7, 11) is 3.68. The van der Waals surface area contributed by atoms with Gasteiger partial charge < -0.3 is 4.90 Å². The van der Waals surface area contributed by atoms with Crippen LogP contribution >= 0.6 is 12.6 Å². The highest BCUT2D eigenvalue weighted by atomic mass is 32.1. The lowest BCUT2D eigenvalue weighted by Gasteiger charge is -2.09. The van der Waals surface area contributed by atoms with Gasteiger partial charge in [0.15, 0.2) is 0 Å². The molecule has 0 aromatic carbocycles. The summed E-state index contributed by atoms with van der Waals surface area (Å²) < 4.78 is 0. The first-order valence-electron chi connectivity index (χ1n) is 2.94. The van der Waals surface area contributed by atoms with E-state index in [9.17, 15) is 4.79 Å². The normalized spacial score (nSPS) is 11.4. The van der Waals surface area contributed by atoms with E-state index in [1.165, 1.54) is 0 Å². The van der Waals surface area contributed by atoms with Crippen molar-refractivity contribution in [1.29, 1.82) is 0 Å². The molecule has 0 aliphatic rings. The number of rotatable bonds is 1. The molecular formula is C6H12N2OS. The quantitative estimate of drug-likeness (QED) is 0.342. The summed E-state index contributed by atoms with van der Waals surface area (Å²) in [6.45, 7) is 1.78. The Bertz CT molecular complexity index is 154. The molecule has 0 aliphatic heterocycles. The first-order valence-corrected chi connectivity index (χ1v) is 3.57. The first kappa shape index (κ1) is 9.49. The Hall–Kier alpha value is -0.510. The van der Waals surface area contributed by atoms with E-state index in [4.69, 9.17) is 0 Å². The van der Waals surface area contributed by atoms with Crippen LogP contribution in [0.4, 0.5) is 0 Å². The molecular weight excluding hydrogens is 148 g/mol. The van der Waals surface area contributed by atoms with E-state index in [2.05, 4.69) is 17.6 Å². The van der Waals surface area contributed by atoms with Gasteiger partial charge in [-0.25, -0.2) is 0 Å². The van der Waals surface area contributed by atoms with E-state index >= 15 is 0 Å². The Labute approximate surface area is 66.5 Å². The largest absolute Gasteiger partial charge is 0.366 e. The monoisotopic (exact) mass is 160 g/mol. The number of carbonyl (C=O) groups excluding carboxylic acids is 1. The van der Waals surface area contributed by atoms with Crippen LogP contribution in [0.3, 0.4) is 0 Å². The van der Waals surface area contributed by atoms with Crippen LogP contribution in [0, 0.1) is 0 Å². The number of aliphatic imine (C=N–C) groups is 1. The van der Waals surface area contributed by atoms with Crippen LogP contribution in [0.1, 0.15) is 6.92 Å². The molecule has 0 saturated heterocycles. The standard InChI is InChI=1S/C6H12N2OS/c1-5(8(2)3)7-6(9)4-10/h10H,4H2,1-3H3. The Morgan fingerprint density at radius 2 is 2.10 bits per heavy atom. The maximum absolute atomic E-state index is 10.6. The van der Waals surface area contributed by atoms with Crippen LogP contribution in [0.15, 0.2) is 4.99 Å². The minimum Gasteiger partial charge on any atom is -0.366 e. The van der Waals surface area contributed by atoms with Gasteiger partial charge in [-0.3, -0.25) is 4.79 Å². The van der Waals surface area contributed by atoms with Crippen LogP contribution in [0.25, 0.3) is 0 Å². The van der Waals surface area contributed by atoms with Gasteiger partial charge in [0.1, 0.15) is 5.84 Å². The topological polar surface area (TPSA) is 32.7 Å². The summed E-state index contributed by atoms with van der Waals surface area (Å²) >= 11 is 3.78. The van der Waals surface area contributed by atoms with Crippen LogP contribution in [0.5, 0.6) is 0 Å². The molecule has 4 heteroatoms. The number of carbonyl (C=O) groups is 1. The van der Waals surface area contributed by atoms with Crippen LogP contribution < -0.4 is 0 Å². The van der Waals surface area contributed by atoms with Gasteiger partial charge in [-0.15, -0.1) is 0 Å². The second-order valence-electron chi connectivity index (χ2n) is 2.11. The number of amides is 1. The Morgan fingerprint density at radius 1 is 1.60 bits per heavy atom. The summed E-state index contributed by atoms with van der Waals surface area (Å²) in [5.74, 6) is 0.680. The van der Waals surface area contributed by atoms with E-state index in [-0.39, 0.29) is 11.7 Å². The third-order valence-electron chi connectivity index (χ3n) is 1.07. The highest BCUT2D eigenvalue weighted by Gasteiger charge is 1.96. The van der Waals surface area contributed by atoms with E-state index in [0.717, 1.165) is 0 Å². The minimum atomic E-state index is -0.200. The Morgan fingerprint density at radius 3 is 2.40 bits per heavy atom. The number of thiol groups is 1. The lowest BCUT2D eigenvalue weighted by molar-refractivity contribution is -0.115. The fourth-order valence-electron chi connectivity index (χ4n) is 0.316. The molecule has 0 aromatic rings. The van der Waals surface area contributed by atoms with Crippen molar-refractivity contribution in [2.45, 2.75) is 6.92 Å². The summed E-state index contributed by atoms with van der Waals surface area (Å²) in [6.07, 6.45) is 0. The average molecular weight is 160 g/mol. The van der Waals surface area contributed by atoms with Crippen molar-refractivity contribution in [2.75, 3.05) is 19.8 Å². The predicted molar refractivity (Wildman–Crippen MR) is 45.7 cm³/mol. The number of nitrogens with zero attached hydrogens (tertiary/aromatic N) is 2. The van der Waals surface area contributed by atoms with E-state index in [1.807, 2.05) is 14.1 Å². The molecule has 0 fully saturated rings. The molecule has 0 radical (unpaired) electrons. The Kier molecular flexibility index (Phi) is 4.11. The summed E-state index contributed by atoms with van der Waals surface area (Å²) in [5.41, 5.74) is 0. The van der Waals surface area contributed by atoms with Crippen molar-refractivity contribution in [3.05, 3.63) is 0 Å². The van der Waals surface area contributed by atoms with Gasteiger partial charge in [0.05, 0.1) is 5.75 Å². The summed E-state index contributed by atoms with van der Waals surface area (Å²) in [5, 5.41) is 0. The van der Waals surface area contributed by atoms with Gasteiger partial charge in [0.25, 0.3) is 5.91 Å². The van der Waals surface area contributed by atoms with Gasteiger partial charge in [0.2, 0.25) is 0 Å². The van der Waals surface area contributed by atoms with Crippen molar-refractivity contribution in [3.63, 3.8) is 0 Å². The zero-order valence-corrected chi connectivity index (χ0v) is 7.35. The molecule has 0 saturated carbocycles. The van der Waals surface area contributed by atoms with E-state index in [1.54, 1.807) is 11.8 Å². The smallest absolute Gasteiger partial charge is 0.257 e. The van der Waals surface area contributed by atoms with E-state index < -0.39 is 0 Å². The van der Waals surface area contributed by atoms with Gasteiger partial charge in [-0.1, -0.05) is 0 Å². The van der Waals surface area contributed by atoms with Crippen molar-refractivity contribution >= 4 is 24.4 Å². The van der Waals surface area contributed by atoms with Gasteiger partial charge in [-0.05, 0) is 6.92 Å². The molecule has 0 unspecified atom stereocenters. The molecule has 0 aliphatic carbocycles. The van der Waals surface area contributed by atoms with Crippen molar-refractivity contribution in [3.8, 4) is 0 Å². The molecule has 3 nitrogen and oxygen atoms in total. The third kappa shape index (κ3) is 3.50. The molecule has 0 spiro atoms. The lowest BCUT2D eigenvalue weighted by atomic mass is 10.6. The zero-order valence-electron chi connectivity index (χ0n) is 6.46. The van der Waals surface area contributed by atoms with Gasteiger partial charge >= 0.3 is 0 Å². The molecule has 0 rings (SSSR count). The van der Waals surface area contributed by atoms with Gasteiger partial charge in [0, 0.05) is 14.1 Å². The fraction of sp³-hybridized carbons (Fsp3) is 0.667. The molecule has 1 amide bonds. The summed E-state index contributed by atoms with van der Waals surface area (Å²) in [4.78, 5) is 16.1. The van der Waals surface area contributed by atoms with Crippen molar-refractivity contribution in [2.24, 2.45) is 4.99 Å². The molecule has 0 aromatic heterocycles. The SMILES string of the molecule is CC(=NC(=O)CS)N(C)C. The number of hydrogen-bond donors (Lipinski definition) is 1. The molecule has 0 N–H and O–H groups in total. The third-order valence-corrected chi connectivity index (χ3v) is 1.34. The van der Waals surface area contributed by atoms with Gasteiger partial charge in [-0.2, -0.15) is 17.6 Å². The molecule has 0 bridgehead atoms. The predicted octanol–water partition coefficient (Wildman–Crippen LogP) is 0.423. The second kappa shape index (κ2) is 4.33. The molecule has 0 atom stereocenters. The van der Waals surface area contributed by atoms with Crippen LogP contribution in [0.2, 0.25) is 0 Å². The first-order chi connectivity index (χ1) is 4.57. The summed E-state index contributed by atoms with van der Waals surface area (Å²) in [6, 6.07) is 0. The second-order valence-corrected chi connectivity index (χ2v) is 2.42. The van der Waals surface area contributed by atoms with Crippen LogP contribution in [-0.2, 0) is 4.79 Å². The van der Waals surface area contributed by atoms with Crippen LogP contribution in [-0.4, -0.2) is 36.5 Å². The zero-order chi connectivity index (χ0) is 8.15. The molecule has 58 valence electrons. The highest BCUT2D eigenvalue weighted by molar-refractivity contribution is 7.81. The van der Waals surface area contributed by atoms with Crippen molar-refractivity contribution < 1.29 is 4.79 Å². The maximum atomic E-state index is 10.6. The lowest BCUT2D eigenvalue weighted by Crippen LogP contribution is -2.20. The molecule has 0 heterocycles. The molecule has 10 heavy (non-hydrogen) atoms. The maximum Gasteiger partial charge on any atom is 0.257 e. The van der Waals surface area contributed by atoms with Crippen molar-refractivity contribution in [1.82, 2.24) is 4.90 Å². The minimum absolute atomic E-state index is 0.172. The number of hydrogen-bond acceptors (Lipinski definition) is 2. The average Bonchev–Trinajstić information content (AvgIpc) is 1.87.